The maximum absolute atomic E-state index is 12.7. The molecule has 0 saturated heterocycles. The Kier molecular flexibility index (Phi) is 6.36. The van der Waals surface area contributed by atoms with Crippen LogP contribution in [-0.2, 0) is 11.8 Å². The van der Waals surface area contributed by atoms with Gasteiger partial charge in [0.1, 0.15) is 11.4 Å². The Morgan fingerprint density at radius 2 is 1.52 bits per heavy atom. The Balaban J connectivity index is 2.33. The van der Waals surface area contributed by atoms with Gasteiger partial charge >= 0.3 is 6.18 Å². The van der Waals surface area contributed by atoms with Crippen molar-refractivity contribution in [1.82, 2.24) is 0 Å². The normalized spacial score (nSPS) is 14.2. The number of benzene rings is 2. The monoisotopic (exact) mass is 371 g/mol. The number of alkyl halides is 3. The van der Waals surface area contributed by atoms with Gasteiger partial charge in [-0.2, -0.15) is 13.2 Å². The van der Waals surface area contributed by atoms with Gasteiger partial charge in [0, 0.05) is 5.02 Å². The summed E-state index contributed by atoms with van der Waals surface area (Å²) in [7, 11) is 0. The Morgan fingerprint density at radius 1 is 0.960 bits per heavy atom. The molecule has 2 rings (SSSR count). The zero-order valence-electron chi connectivity index (χ0n) is 13.9. The summed E-state index contributed by atoms with van der Waals surface area (Å²) in [6, 6.07) is 12.1. The number of rotatable bonds is 7. The van der Waals surface area contributed by atoms with Crippen LogP contribution in [0.15, 0.2) is 48.5 Å². The fourth-order valence-corrected chi connectivity index (χ4v) is 2.91. The molecule has 0 fully saturated rings. The first-order chi connectivity index (χ1) is 11.8. The fraction of sp³-hybridized carbons (Fsp3) is 0.368. The number of ether oxygens (including phenoxy) is 1. The van der Waals surface area contributed by atoms with Crippen molar-refractivity contribution in [2.75, 3.05) is 6.54 Å². The molecule has 0 aliphatic rings. The van der Waals surface area contributed by atoms with Gasteiger partial charge in [0.05, 0.1) is 5.56 Å². The molecule has 25 heavy (non-hydrogen) atoms. The van der Waals surface area contributed by atoms with Crippen molar-refractivity contribution in [2.24, 2.45) is 5.73 Å². The molecule has 0 heterocycles. The van der Waals surface area contributed by atoms with Crippen LogP contribution in [-0.4, -0.2) is 6.54 Å². The van der Waals surface area contributed by atoms with Crippen molar-refractivity contribution in [1.29, 1.82) is 0 Å². The average molecular weight is 372 g/mol. The molecular weight excluding hydrogens is 351 g/mol. The third-order valence-electron chi connectivity index (χ3n) is 4.22. The maximum Gasteiger partial charge on any atom is 0.416 e. The summed E-state index contributed by atoms with van der Waals surface area (Å²) in [5, 5.41) is 0.613. The predicted octanol–water partition coefficient (Wildman–Crippen LogP) is 5.78. The highest BCUT2D eigenvalue weighted by Gasteiger charge is 2.33. The van der Waals surface area contributed by atoms with Crippen LogP contribution in [0.25, 0.3) is 0 Å². The van der Waals surface area contributed by atoms with Crippen molar-refractivity contribution < 1.29 is 17.9 Å². The molecule has 136 valence electrons. The van der Waals surface area contributed by atoms with Crippen LogP contribution in [0, 0.1) is 0 Å². The van der Waals surface area contributed by atoms with Gasteiger partial charge in [-0.1, -0.05) is 30.7 Å². The van der Waals surface area contributed by atoms with E-state index in [0.717, 1.165) is 24.1 Å². The van der Waals surface area contributed by atoms with E-state index in [9.17, 15) is 13.2 Å². The lowest BCUT2D eigenvalue weighted by molar-refractivity contribution is -0.137. The van der Waals surface area contributed by atoms with E-state index in [-0.39, 0.29) is 0 Å². The lowest BCUT2D eigenvalue weighted by Gasteiger charge is -2.34. The molecule has 0 radical (unpaired) electrons. The molecule has 2 nitrogen and oxygen atoms in total. The predicted molar refractivity (Wildman–Crippen MR) is 93.8 cm³/mol. The smallest absolute Gasteiger partial charge is 0.416 e. The minimum absolute atomic E-state index is 0.391. The topological polar surface area (TPSA) is 35.2 Å². The fourth-order valence-electron chi connectivity index (χ4n) is 2.79. The highest BCUT2D eigenvalue weighted by molar-refractivity contribution is 6.30. The molecule has 0 saturated carbocycles. The number of halogens is 4. The van der Waals surface area contributed by atoms with Crippen LogP contribution in [0.5, 0.6) is 5.75 Å². The Morgan fingerprint density at radius 3 is 2.00 bits per heavy atom. The molecule has 0 aromatic heterocycles. The summed E-state index contributed by atoms with van der Waals surface area (Å²) in [5.74, 6) is 0.391. The molecule has 0 bridgehead atoms. The first-order valence-electron chi connectivity index (χ1n) is 8.13. The summed E-state index contributed by atoms with van der Waals surface area (Å²) in [5.41, 5.74) is 5.21. The molecule has 6 heteroatoms. The molecule has 0 aliphatic heterocycles. The first kappa shape index (κ1) is 19.6. The molecule has 2 aromatic carbocycles. The Labute approximate surface area is 150 Å². The van der Waals surface area contributed by atoms with Crippen molar-refractivity contribution in [3.8, 4) is 5.75 Å². The second kappa shape index (κ2) is 8.11. The summed E-state index contributed by atoms with van der Waals surface area (Å²) >= 11 is 5.96. The molecule has 1 atom stereocenters. The van der Waals surface area contributed by atoms with Crippen molar-refractivity contribution >= 4 is 11.6 Å². The van der Waals surface area contributed by atoms with Crippen molar-refractivity contribution in [3.05, 3.63) is 64.7 Å². The highest BCUT2D eigenvalue weighted by atomic mass is 35.5. The van der Waals surface area contributed by atoms with E-state index in [1.165, 1.54) is 12.1 Å². The van der Waals surface area contributed by atoms with Gasteiger partial charge in [-0.3, -0.25) is 0 Å². The quantitative estimate of drug-likeness (QED) is 0.669. The van der Waals surface area contributed by atoms with Gasteiger partial charge in [-0.05, 0) is 67.8 Å². The largest absolute Gasteiger partial charge is 0.483 e. The van der Waals surface area contributed by atoms with Gasteiger partial charge in [0.25, 0.3) is 0 Å². The average Bonchev–Trinajstić information content (AvgIpc) is 2.59. The lowest BCUT2D eigenvalue weighted by Crippen LogP contribution is -2.33. The molecule has 0 aliphatic carbocycles. The van der Waals surface area contributed by atoms with E-state index in [2.05, 4.69) is 0 Å². The molecule has 1 unspecified atom stereocenters. The van der Waals surface area contributed by atoms with E-state index in [4.69, 9.17) is 22.1 Å². The van der Waals surface area contributed by atoms with E-state index in [1.807, 2.05) is 19.1 Å². The van der Waals surface area contributed by atoms with E-state index in [0.29, 0.717) is 30.2 Å². The Bertz CT molecular complexity index is 671. The van der Waals surface area contributed by atoms with Gasteiger partial charge in [0.2, 0.25) is 0 Å². The Hall–Kier alpha value is -1.72. The number of hydrogen-bond acceptors (Lipinski definition) is 2. The third kappa shape index (κ3) is 4.89. The van der Waals surface area contributed by atoms with Crippen LogP contribution in [0.3, 0.4) is 0 Å². The molecule has 2 aromatic rings. The third-order valence-corrected chi connectivity index (χ3v) is 4.47. The van der Waals surface area contributed by atoms with Gasteiger partial charge in [-0.25, -0.2) is 0 Å². The highest BCUT2D eigenvalue weighted by Crippen LogP contribution is 2.37. The summed E-state index contributed by atoms with van der Waals surface area (Å²) < 4.78 is 44.4. The standard InChI is InChI=1S/C19H21ClF3NO/c1-2-18(12-3-13-24,14-4-8-16(20)9-5-14)25-17-10-6-15(7-11-17)19(21,22)23/h4-11H,2-3,12-13,24H2,1H3. The van der Waals surface area contributed by atoms with Crippen molar-refractivity contribution in [3.63, 3.8) is 0 Å². The van der Waals surface area contributed by atoms with Crippen LogP contribution in [0.4, 0.5) is 13.2 Å². The van der Waals surface area contributed by atoms with E-state index < -0.39 is 17.3 Å². The van der Waals surface area contributed by atoms with Crippen LogP contribution >= 0.6 is 11.6 Å². The molecular formula is C19H21ClF3NO. The van der Waals surface area contributed by atoms with Crippen molar-refractivity contribution in [2.45, 2.75) is 38.0 Å². The second-order valence-electron chi connectivity index (χ2n) is 5.87. The second-order valence-corrected chi connectivity index (χ2v) is 6.31. The van der Waals surface area contributed by atoms with Gasteiger partial charge in [0.15, 0.2) is 0 Å². The number of nitrogens with two attached hydrogens (primary N) is 1. The zero-order chi connectivity index (χ0) is 18.5. The molecule has 2 N–H and O–H groups in total. The minimum atomic E-state index is -4.36. The van der Waals surface area contributed by atoms with Crippen LogP contribution < -0.4 is 10.5 Å². The minimum Gasteiger partial charge on any atom is -0.483 e. The SMILES string of the molecule is CCC(CCCN)(Oc1ccc(C(F)(F)F)cc1)c1ccc(Cl)cc1. The summed E-state index contributed by atoms with van der Waals surface area (Å²) in [4.78, 5) is 0. The van der Waals surface area contributed by atoms with Gasteiger partial charge in [-0.15, -0.1) is 0 Å². The van der Waals surface area contributed by atoms with Crippen LogP contribution in [0.1, 0.15) is 37.3 Å². The van der Waals surface area contributed by atoms with E-state index in [1.54, 1.807) is 12.1 Å². The number of hydrogen-bond donors (Lipinski definition) is 1. The first-order valence-corrected chi connectivity index (χ1v) is 8.51. The molecule has 0 amide bonds. The van der Waals surface area contributed by atoms with E-state index >= 15 is 0 Å². The molecule has 0 spiro atoms. The van der Waals surface area contributed by atoms with Crippen LogP contribution in [0.2, 0.25) is 5.02 Å². The summed E-state index contributed by atoms with van der Waals surface area (Å²) in [6.45, 7) is 2.49. The van der Waals surface area contributed by atoms with Gasteiger partial charge < -0.3 is 10.5 Å². The maximum atomic E-state index is 12.7. The zero-order valence-corrected chi connectivity index (χ0v) is 14.7. The summed E-state index contributed by atoms with van der Waals surface area (Å²) in [6.07, 6.45) is -2.33. The lowest BCUT2D eigenvalue weighted by atomic mass is 9.86.